The molecule has 1 aliphatic rings. The third-order valence-electron chi connectivity index (χ3n) is 2.46. The zero-order chi connectivity index (χ0) is 8.27. The van der Waals surface area contributed by atoms with Gasteiger partial charge in [-0.25, -0.2) is 0 Å². The van der Waals surface area contributed by atoms with Gasteiger partial charge in [0, 0.05) is 6.04 Å². The second-order valence-electron chi connectivity index (χ2n) is 3.27. The summed E-state index contributed by atoms with van der Waals surface area (Å²) in [6, 6.07) is 0.493. The molecule has 0 aromatic heterocycles. The number of carbonyl (C=O) groups excluding carboxylic acids is 1. The van der Waals surface area contributed by atoms with Crippen LogP contribution in [0.1, 0.15) is 39.5 Å². The molecule has 1 N–H and O–H groups in total. The molecule has 11 heavy (non-hydrogen) atoms. The first-order chi connectivity index (χ1) is 5.29. The van der Waals surface area contributed by atoms with Crippen LogP contribution in [-0.4, -0.2) is 11.9 Å². The molecule has 0 radical (unpaired) electrons. The highest BCUT2D eigenvalue weighted by Crippen LogP contribution is 2.22. The van der Waals surface area contributed by atoms with Gasteiger partial charge in [-0.3, -0.25) is 4.79 Å². The third kappa shape index (κ3) is 1.73. The minimum atomic E-state index is 0.258. The first kappa shape index (κ1) is 8.57. The first-order valence-electron chi connectivity index (χ1n) is 4.60. The first-order valence-corrected chi connectivity index (χ1v) is 4.60. The summed E-state index contributed by atoms with van der Waals surface area (Å²) >= 11 is 0. The van der Waals surface area contributed by atoms with Crippen LogP contribution in [0, 0.1) is 5.92 Å². The van der Waals surface area contributed by atoms with E-state index in [9.17, 15) is 4.79 Å². The molecule has 1 heterocycles. The normalized spacial score (nSPS) is 29.5. The Bertz CT molecular complexity index is 144. The fourth-order valence-corrected chi connectivity index (χ4v) is 1.64. The molecule has 2 nitrogen and oxygen atoms in total. The molecule has 64 valence electrons. The van der Waals surface area contributed by atoms with E-state index >= 15 is 0 Å². The van der Waals surface area contributed by atoms with E-state index in [0.29, 0.717) is 12.0 Å². The lowest BCUT2D eigenvalue weighted by molar-refractivity contribution is -0.135. The van der Waals surface area contributed by atoms with Gasteiger partial charge >= 0.3 is 0 Å². The molecule has 1 amide bonds. The quantitative estimate of drug-likeness (QED) is 0.615. The van der Waals surface area contributed by atoms with Gasteiger partial charge in [-0.2, -0.15) is 0 Å². The van der Waals surface area contributed by atoms with Crippen molar-refractivity contribution in [3.05, 3.63) is 0 Å². The lowest BCUT2D eigenvalue weighted by Crippen LogP contribution is -2.57. The molecule has 0 aliphatic carbocycles. The van der Waals surface area contributed by atoms with Crippen molar-refractivity contribution in [2.75, 3.05) is 0 Å². The highest BCUT2D eigenvalue weighted by atomic mass is 16.2. The molecule has 0 bridgehead atoms. The highest BCUT2D eigenvalue weighted by molar-refractivity contribution is 5.85. The summed E-state index contributed by atoms with van der Waals surface area (Å²) in [6.45, 7) is 4.27. The van der Waals surface area contributed by atoms with Gasteiger partial charge in [0.25, 0.3) is 0 Å². The number of unbranched alkanes of at least 4 members (excludes halogenated alkanes) is 1. The monoisotopic (exact) mass is 155 g/mol. The molecule has 1 saturated heterocycles. The van der Waals surface area contributed by atoms with Crippen LogP contribution in [0.3, 0.4) is 0 Å². The van der Waals surface area contributed by atoms with E-state index in [1.807, 2.05) is 0 Å². The predicted molar refractivity (Wildman–Crippen MR) is 45.2 cm³/mol. The standard InChI is InChI=1S/C9H17NO/c1-3-5-6-8-7(4-2)9(11)10-8/h7-8H,3-6H2,1-2H3,(H,10,11)/t7-,8+/m0/s1. The van der Waals surface area contributed by atoms with E-state index < -0.39 is 0 Å². The number of hydrogen-bond donors (Lipinski definition) is 1. The van der Waals surface area contributed by atoms with Crippen LogP contribution in [0.5, 0.6) is 0 Å². The van der Waals surface area contributed by atoms with Gasteiger partial charge in [-0.05, 0) is 12.8 Å². The molecule has 2 heteroatoms. The van der Waals surface area contributed by atoms with E-state index in [2.05, 4.69) is 19.2 Å². The van der Waals surface area contributed by atoms with E-state index in [4.69, 9.17) is 0 Å². The summed E-state index contributed by atoms with van der Waals surface area (Å²) in [6.07, 6.45) is 4.63. The second-order valence-corrected chi connectivity index (χ2v) is 3.27. The smallest absolute Gasteiger partial charge is 0.225 e. The van der Waals surface area contributed by atoms with Crippen molar-refractivity contribution in [1.82, 2.24) is 5.32 Å². The Balaban J connectivity index is 2.21. The van der Waals surface area contributed by atoms with Crippen LogP contribution in [0.15, 0.2) is 0 Å². The molecule has 1 rings (SSSR count). The third-order valence-corrected chi connectivity index (χ3v) is 2.46. The molecule has 0 unspecified atom stereocenters. The van der Waals surface area contributed by atoms with Crippen molar-refractivity contribution in [2.24, 2.45) is 5.92 Å². The Morgan fingerprint density at radius 3 is 2.64 bits per heavy atom. The summed E-state index contributed by atoms with van der Waals surface area (Å²) in [5.74, 6) is 0.579. The fraction of sp³-hybridized carbons (Fsp3) is 0.889. The Morgan fingerprint density at radius 2 is 2.18 bits per heavy atom. The number of amides is 1. The Labute approximate surface area is 68.4 Å². The predicted octanol–water partition coefficient (Wildman–Crippen LogP) is 1.70. The minimum Gasteiger partial charge on any atom is -0.352 e. The van der Waals surface area contributed by atoms with Gasteiger partial charge in [-0.15, -0.1) is 0 Å². The molecule has 1 fully saturated rings. The second kappa shape index (κ2) is 3.74. The number of nitrogens with one attached hydrogen (secondary N) is 1. The van der Waals surface area contributed by atoms with Crippen LogP contribution in [0.4, 0.5) is 0 Å². The maximum Gasteiger partial charge on any atom is 0.225 e. The van der Waals surface area contributed by atoms with E-state index in [0.717, 1.165) is 6.42 Å². The summed E-state index contributed by atoms with van der Waals surface area (Å²) in [5, 5.41) is 2.94. The van der Waals surface area contributed by atoms with Gasteiger partial charge in [0.1, 0.15) is 0 Å². The number of hydrogen-bond acceptors (Lipinski definition) is 1. The molecular formula is C9H17NO. The molecule has 2 atom stereocenters. The van der Waals surface area contributed by atoms with Gasteiger partial charge in [0.2, 0.25) is 5.91 Å². The van der Waals surface area contributed by atoms with Crippen molar-refractivity contribution < 1.29 is 4.79 Å². The van der Waals surface area contributed by atoms with Crippen molar-refractivity contribution >= 4 is 5.91 Å². The number of β-lactam (4-membered cyclic amide) rings is 1. The summed E-state index contributed by atoms with van der Waals surface area (Å²) in [4.78, 5) is 10.9. The van der Waals surface area contributed by atoms with E-state index in [1.54, 1.807) is 0 Å². The van der Waals surface area contributed by atoms with Crippen LogP contribution < -0.4 is 5.32 Å². The fourth-order valence-electron chi connectivity index (χ4n) is 1.64. The van der Waals surface area contributed by atoms with Crippen LogP contribution in [0.2, 0.25) is 0 Å². The maximum atomic E-state index is 10.9. The summed E-state index contributed by atoms with van der Waals surface area (Å²) in [7, 11) is 0. The van der Waals surface area contributed by atoms with Gasteiger partial charge in [-0.1, -0.05) is 26.7 Å². The lowest BCUT2D eigenvalue weighted by Gasteiger charge is -2.36. The summed E-state index contributed by atoms with van der Waals surface area (Å²) in [5.41, 5.74) is 0. The largest absolute Gasteiger partial charge is 0.352 e. The van der Waals surface area contributed by atoms with Gasteiger partial charge in [0.05, 0.1) is 5.92 Å². The average molecular weight is 155 g/mol. The molecule has 0 spiro atoms. The van der Waals surface area contributed by atoms with Crippen LogP contribution in [0.25, 0.3) is 0 Å². The van der Waals surface area contributed by atoms with E-state index in [1.165, 1.54) is 19.3 Å². The van der Waals surface area contributed by atoms with E-state index in [-0.39, 0.29) is 5.91 Å². The topological polar surface area (TPSA) is 29.1 Å². The van der Waals surface area contributed by atoms with Gasteiger partial charge in [0.15, 0.2) is 0 Å². The van der Waals surface area contributed by atoms with Crippen LogP contribution in [-0.2, 0) is 4.79 Å². The molecule has 0 saturated carbocycles. The molecule has 0 aromatic carbocycles. The van der Waals surface area contributed by atoms with Gasteiger partial charge < -0.3 is 5.32 Å². The number of carbonyl (C=O) groups is 1. The Morgan fingerprint density at radius 1 is 1.45 bits per heavy atom. The minimum absolute atomic E-state index is 0.258. The van der Waals surface area contributed by atoms with Crippen molar-refractivity contribution in [1.29, 1.82) is 0 Å². The Kier molecular flexibility index (Phi) is 2.92. The molecule has 0 aromatic rings. The highest BCUT2D eigenvalue weighted by Gasteiger charge is 2.36. The maximum absolute atomic E-state index is 10.9. The average Bonchev–Trinajstić information content (AvgIpc) is 1.98. The number of rotatable bonds is 4. The summed E-state index contributed by atoms with van der Waals surface area (Å²) < 4.78 is 0. The molecular weight excluding hydrogens is 138 g/mol. The zero-order valence-corrected chi connectivity index (χ0v) is 7.39. The van der Waals surface area contributed by atoms with Crippen molar-refractivity contribution in [3.63, 3.8) is 0 Å². The Hall–Kier alpha value is -0.530. The lowest BCUT2D eigenvalue weighted by atomic mass is 9.85. The zero-order valence-electron chi connectivity index (χ0n) is 7.39. The van der Waals surface area contributed by atoms with Crippen molar-refractivity contribution in [3.8, 4) is 0 Å². The molecule has 1 aliphatic heterocycles. The van der Waals surface area contributed by atoms with Crippen LogP contribution >= 0.6 is 0 Å². The SMILES string of the molecule is CCCC[C@H]1NC(=O)[C@H]1CC. The van der Waals surface area contributed by atoms with Crippen molar-refractivity contribution in [2.45, 2.75) is 45.6 Å².